The Morgan fingerprint density at radius 3 is 2.42 bits per heavy atom. The number of nitrogens with one attached hydrogen (secondary N) is 1. The fourth-order valence-electron chi connectivity index (χ4n) is 1.55. The summed E-state index contributed by atoms with van der Waals surface area (Å²) in [6.45, 7) is 0. The predicted octanol–water partition coefficient (Wildman–Crippen LogP) is 5.14. The largest absolute Gasteiger partial charge is 0.322 e. The fourth-order valence-corrected chi connectivity index (χ4v) is 2.31. The average Bonchev–Trinajstić information content (AvgIpc) is 2.42. The molecule has 0 bridgehead atoms. The van der Waals surface area contributed by atoms with Gasteiger partial charge in [0, 0.05) is 11.0 Å². The zero-order valence-corrected chi connectivity index (χ0v) is 12.9. The van der Waals surface area contributed by atoms with E-state index in [1.165, 1.54) is 0 Å². The highest BCUT2D eigenvalue weighted by molar-refractivity contribution is 9.08. The third kappa shape index (κ3) is 3.50. The Bertz CT molecular complexity index is 599. The van der Waals surface area contributed by atoms with Gasteiger partial charge in [0.25, 0.3) is 5.91 Å². The molecule has 0 aliphatic carbocycles. The number of benzene rings is 2. The number of rotatable bonds is 3. The van der Waals surface area contributed by atoms with Gasteiger partial charge in [-0.3, -0.25) is 4.79 Å². The van der Waals surface area contributed by atoms with Crippen LogP contribution in [0, 0.1) is 0 Å². The second-order valence-corrected chi connectivity index (χ2v) is 5.23. The molecule has 0 saturated carbocycles. The van der Waals surface area contributed by atoms with E-state index in [1.54, 1.807) is 18.2 Å². The number of anilines is 1. The number of hydrogen-bond acceptors (Lipinski definition) is 1. The molecule has 19 heavy (non-hydrogen) atoms. The topological polar surface area (TPSA) is 29.1 Å². The lowest BCUT2D eigenvalue weighted by Gasteiger charge is -2.08. The van der Waals surface area contributed by atoms with Crippen molar-refractivity contribution in [3.63, 3.8) is 0 Å². The zero-order chi connectivity index (χ0) is 13.8. The van der Waals surface area contributed by atoms with Gasteiger partial charge in [0.2, 0.25) is 0 Å². The number of halogens is 3. The third-order valence-corrected chi connectivity index (χ3v) is 4.03. The van der Waals surface area contributed by atoms with Crippen molar-refractivity contribution < 1.29 is 4.79 Å². The number of hydrogen-bond donors (Lipinski definition) is 1. The summed E-state index contributed by atoms with van der Waals surface area (Å²) >= 11 is 15.3. The van der Waals surface area contributed by atoms with Crippen LogP contribution in [0.2, 0.25) is 10.0 Å². The Labute approximate surface area is 129 Å². The number of amides is 1. The highest BCUT2D eigenvalue weighted by atomic mass is 79.9. The Balaban J connectivity index is 2.18. The van der Waals surface area contributed by atoms with Crippen molar-refractivity contribution in [2.45, 2.75) is 5.33 Å². The van der Waals surface area contributed by atoms with E-state index in [4.69, 9.17) is 23.2 Å². The molecule has 1 N–H and O–H groups in total. The van der Waals surface area contributed by atoms with Gasteiger partial charge >= 0.3 is 0 Å². The van der Waals surface area contributed by atoms with Crippen molar-refractivity contribution in [3.8, 4) is 0 Å². The first-order valence-electron chi connectivity index (χ1n) is 5.52. The standard InChI is InChI=1S/C14H10BrCl2NO/c15-8-9-4-6-10(7-5-9)18-14(19)11-2-1-3-12(16)13(11)17/h1-7H,8H2,(H,18,19). The Morgan fingerprint density at radius 1 is 1.11 bits per heavy atom. The predicted molar refractivity (Wildman–Crippen MR) is 83.5 cm³/mol. The van der Waals surface area contributed by atoms with Gasteiger partial charge in [-0.2, -0.15) is 0 Å². The molecule has 0 aliphatic heterocycles. The summed E-state index contributed by atoms with van der Waals surface area (Å²) in [5, 5.41) is 4.19. The van der Waals surface area contributed by atoms with Gasteiger partial charge in [-0.25, -0.2) is 0 Å². The fraction of sp³-hybridized carbons (Fsp3) is 0.0714. The highest BCUT2D eigenvalue weighted by Gasteiger charge is 2.12. The molecule has 0 unspecified atom stereocenters. The lowest BCUT2D eigenvalue weighted by molar-refractivity contribution is 0.102. The van der Waals surface area contributed by atoms with Crippen LogP contribution in [0.4, 0.5) is 5.69 Å². The Hall–Kier alpha value is -1.03. The number of alkyl halides is 1. The molecule has 0 radical (unpaired) electrons. The van der Waals surface area contributed by atoms with Gasteiger partial charge in [0.1, 0.15) is 0 Å². The first-order valence-corrected chi connectivity index (χ1v) is 7.40. The summed E-state index contributed by atoms with van der Waals surface area (Å²) in [5.41, 5.74) is 2.21. The summed E-state index contributed by atoms with van der Waals surface area (Å²) < 4.78 is 0. The van der Waals surface area contributed by atoms with E-state index in [0.717, 1.165) is 10.9 Å². The minimum atomic E-state index is -0.279. The van der Waals surface area contributed by atoms with Crippen molar-refractivity contribution in [1.82, 2.24) is 0 Å². The maximum absolute atomic E-state index is 12.1. The smallest absolute Gasteiger partial charge is 0.257 e. The minimum Gasteiger partial charge on any atom is -0.322 e. The van der Waals surface area contributed by atoms with E-state index in [-0.39, 0.29) is 10.9 Å². The van der Waals surface area contributed by atoms with E-state index in [1.807, 2.05) is 24.3 Å². The van der Waals surface area contributed by atoms with Crippen LogP contribution in [0.15, 0.2) is 42.5 Å². The van der Waals surface area contributed by atoms with Crippen molar-refractivity contribution in [1.29, 1.82) is 0 Å². The van der Waals surface area contributed by atoms with E-state index in [9.17, 15) is 4.79 Å². The highest BCUT2D eigenvalue weighted by Crippen LogP contribution is 2.26. The quantitative estimate of drug-likeness (QED) is 0.756. The summed E-state index contributed by atoms with van der Waals surface area (Å²) in [7, 11) is 0. The number of carbonyl (C=O) groups is 1. The van der Waals surface area contributed by atoms with Gasteiger partial charge < -0.3 is 5.32 Å². The van der Waals surface area contributed by atoms with Crippen molar-refractivity contribution >= 4 is 50.7 Å². The molecule has 0 aromatic heterocycles. The second kappa shape index (κ2) is 6.42. The number of carbonyl (C=O) groups excluding carboxylic acids is 1. The SMILES string of the molecule is O=C(Nc1ccc(CBr)cc1)c1cccc(Cl)c1Cl. The summed E-state index contributed by atoms with van der Waals surface area (Å²) in [5.74, 6) is -0.279. The lowest BCUT2D eigenvalue weighted by atomic mass is 10.2. The van der Waals surface area contributed by atoms with E-state index < -0.39 is 0 Å². The van der Waals surface area contributed by atoms with Gasteiger partial charge in [-0.05, 0) is 29.8 Å². The molecule has 2 aromatic rings. The Morgan fingerprint density at radius 2 is 1.79 bits per heavy atom. The van der Waals surface area contributed by atoms with E-state index in [2.05, 4.69) is 21.2 Å². The monoisotopic (exact) mass is 357 g/mol. The minimum absolute atomic E-state index is 0.263. The van der Waals surface area contributed by atoms with Crippen molar-refractivity contribution in [2.75, 3.05) is 5.32 Å². The van der Waals surface area contributed by atoms with Crippen LogP contribution < -0.4 is 5.32 Å². The molecule has 1 amide bonds. The molecule has 2 aromatic carbocycles. The van der Waals surface area contributed by atoms with E-state index in [0.29, 0.717) is 16.3 Å². The van der Waals surface area contributed by atoms with Crippen LogP contribution in [0.1, 0.15) is 15.9 Å². The molecule has 98 valence electrons. The maximum Gasteiger partial charge on any atom is 0.257 e. The van der Waals surface area contributed by atoms with Gasteiger partial charge in [0.15, 0.2) is 0 Å². The normalized spacial score (nSPS) is 10.3. The summed E-state index contributed by atoms with van der Waals surface area (Å²) in [6, 6.07) is 12.5. The maximum atomic E-state index is 12.1. The molecule has 2 nitrogen and oxygen atoms in total. The molecular formula is C14H10BrCl2NO. The lowest BCUT2D eigenvalue weighted by Crippen LogP contribution is -2.12. The summed E-state index contributed by atoms with van der Waals surface area (Å²) in [6.07, 6.45) is 0. The molecular weight excluding hydrogens is 349 g/mol. The molecule has 2 rings (SSSR count). The molecule has 0 spiro atoms. The second-order valence-electron chi connectivity index (χ2n) is 3.89. The van der Waals surface area contributed by atoms with Gasteiger partial charge in [-0.15, -0.1) is 0 Å². The average molecular weight is 359 g/mol. The van der Waals surface area contributed by atoms with Crippen molar-refractivity contribution in [2.24, 2.45) is 0 Å². The van der Waals surface area contributed by atoms with E-state index >= 15 is 0 Å². The molecule has 0 saturated heterocycles. The molecule has 0 heterocycles. The molecule has 0 fully saturated rings. The van der Waals surface area contributed by atoms with Crippen LogP contribution in [-0.4, -0.2) is 5.91 Å². The third-order valence-electron chi connectivity index (χ3n) is 2.56. The van der Waals surface area contributed by atoms with Crippen LogP contribution in [0.25, 0.3) is 0 Å². The van der Waals surface area contributed by atoms with Gasteiger partial charge in [-0.1, -0.05) is 57.3 Å². The first kappa shape index (κ1) is 14.4. The van der Waals surface area contributed by atoms with Crippen molar-refractivity contribution in [3.05, 3.63) is 63.6 Å². The Kier molecular flexibility index (Phi) is 4.86. The molecule has 5 heteroatoms. The summed E-state index contributed by atoms with van der Waals surface area (Å²) in [4.78, 5) is 12.1. The van der Waals surface area contributed by atoms with Crippen LogP contribution >= 0.6 is 39.1 Å². The first-order chi connectivity index (χ1) is 9.11. The van der Waals surface area contributed by atoms with Crippen LogP contribution in [-0.2, 0) is 5.33 Å². The van der Waals surface area contributed by atoms with Gasteiger partial charge in [0.05, 0.1) is 15.6 Å². The van der Waals surface area contributed by atoms with Crippen LogP contribution in [0.3, 0.4) is 0 Å². The molecule has 0 aliphatic rings. The molecule has 0 atom stereocenters. The zero-order valence-electron chi connectivity index (χ0n) is 9.79. The van der Waals surface area contributed by atoms with Crippen LogP contribution in [0.5, 0.6) is 0 Å².